The third-order valence-corrected chi connectivity index (χ3v) is 2.78. The van der Waals surface area contributed by atoms with E-state index in [1.54, 1.807) is 20.8 Å². The summed E-state index contributed by atoms with van der Waals surface area (Å²) in [6.45, 7) is 12.7. The van der Waals surface area contributed by atoms with Gasteiger partial charge in [-0.15, -0.1) is 12.4 Å². The van der Waals surface area contributed by atoms with Gasteiger partial charge in [-0.3, -0.25) is 4.79 Å². The van der Waals surface area contributed by atoms with Crippen molar-refractivity contribution in [2.45, 2.75) is 72.4 Å². The van der Waals surface area contributed by atoms with Crippen LogP contribution in [0.5, 0.6) is 0 Å². The maximum Gasteiger partial charge on any atom is 0.408 e. The first-order valence-electron chi connectivity index (χ1n) is 7.88. The fourth-order valence-corrected chi connectivity index (χ4v) is 1.78. The zero-order chi connectivity index (χ0) is 16.5. The number of amides is 1. The minimum atomic E-state index is -0.557. The summed E-state index contributed by atoms with van der Waals surface area (Å²) in [6, 6.07) is -0.473. The first-order valence-corrected chi connectivity index (χ1v) is 7.88. The summed E-state index contributed by atoms with van der Waals surface area (Å²) in [5, 5.41) is 5.82. The number of ketones is 1. The maximum absolute atomic E-state index is 12.2. The van der Waals surface area contributed by atoms with E-state index < -0.39 is 17.7 Å². The highest BCUT2D eigenvalue weighted by molar-refractivity contribution is 5.88. The number of hydrogen-bond acceptors (Lipinski definition) is 4. The largest absolute Gasteiger partial charge is 0.444 e. The van der Waals surface area contributed by atoms with Crippen molar-refractivity contribution in [3.63, 3.8) is 0 Å². The Hall–Kier alpha value is -0.810. The standard InChI is InChI=1S/C16H32N2O3.ClH/c1-7-8-9-13(14(19)11-17-10-12(2)3)18-15(20)21-16(4,5)6;/h12-13,17H,7-11H2,1-6H3,(H,18,20);1H/t13-;/m0./s1. The maximum atomic E-state index is 12.2. The van der Waals surface area contributed by atoms with Gasteiger partial charge >= 0.3 is 6.09 Å². The number of ether oxygens (including phenoxy) is 1. The molecule has 0 fully saturated rings. The lowest BCUT2D eigenvalue weighted by Gasteiger charge is -2.23. The fourth-order valence-electron chi connectivity index (χ4n) is 1.78. The molecule has 0 rings (SSSR count). The predicted octanol–water partition coefficient (Wildman–Crippen LogP) is 3.31. The smallest absolute Gasteiger partial charge is 0.408 e. The van der Waals surface area contributed by atoms with Crippen molar-refractivity contribution in [1.82, 2.24) is 10.6 Å². The zero-order valence-corrected chi connectivity index (χ0v) is 15.6. The Balaban J connectivity index is 0. The quantitative estimate of drug-likeness (QED) is 0.678. The summed E-state index contributed by atoms with van der Waals surface area (Å²) in [4.78, 5) is 24.0. The van der Waals surface area contributed by atoms with Crippen LogP contribution in [-0.2, 0) is 9.53 Å². The molecule has 0 aliphatic carbocycles. The van der Waals surface area contributed by atoms with Crippen molar-refractivity contribution >= 4 is 24.3 Å². The van der Waals surface area contributed by atoms with Crippen molar-refractivity contribution in [1.29, 1.82) is 0 Å². The Labute approximate surface area is 141 Å². The highest BCUT2D eigenvalue weighted by Crippen LogP contribution is 2.08. The van der Waals surface area contributed by atoms with Gasteiger partial charge in [0.15, 0.2) is 5.78 Å². The molecule has 0 unspecified atom stereocenters. The summed E-state index contributed by atoms with van der Waals surface area (Å²) < 4.78 is 5.22. The number of halogens is 1. The van der Waals surface area contributed by atoms with Crippen molar-refractivity contribution in [3.8, 4) is 0 Å². The molecule has 1 atom stereocenters. The molecule has 6 heteroatoms. The van der Waals surface area contributed by atoms with E-state index in [0.717, 1.165) is 19.4 Å². The van der Waals surface area contributed by atoms with E-state index in [9.17, 15) is 9.59 Å². The third-order valence-electron chi connectivity index (χ3n) is 2.78. The number of Topliss-reactive ketones (excluding diaryl/α,β-unsaturated/α-hetero) is 1. The van der Waals surface area contributed by atoms with Crippen molar-refractivity contribution in [3.05, 3.63) is 0 Å². The summed E-state index contributed by atoms with van der Waals surface area (Å²) in [5.41, 5.74) is -0.557. The molecule has 0 bridgehead atoms. The molecule has 0 aliphatic heterocycles. The van der Waals surface area contributed by atoms with E-state index in [1.807, 2.05) is 0 Å². The number of carbonyl (C=O) groups is 2. The topological polar surface area (TPSA) is 67.4 Å². The minimum Gasteiger partial charge on any atom is -0.444 e. The fraction of sp³-hybridized carbons (Fsp3) is 0.875. The Bertz CT molecular complexity index is 328. The van der Waals surface area contributed by atoms with Crippen molar-refractivity contribution < 1.29 is 14.3 Å². The summed E-state index contributed by atoms with van der Waals surface area (Å²) in [5.74, 6) is 0.501. The van der Waals surface area contributed by atoms with Gasteiger partial charge in [-0.2, -0.15) is 0 Å². The number of rotatable bonds is 9. The van der Waals surface area contributed by atoms with Crippen LogP contribution in [0.15, 0.2) is 0 Å². The van der Waals surface area contributed by atoms with Crippen LogP contribution >= 0.6 is 12.4 Å². The monoisotopic (exact) mass is 336 g/mol. The molecule has 0 heterocycles. The molecule has 2 N–H and O–H groups in total. The average Bonchev–Trinajstić information content (AvgIpc) is 2.31. The van der Waals surface area contributed by atoms with Gasteiger partial charge in [0, 0.05) is 0 Å². The first-order chi connectivity index (χ1) is 9.65. The van der Waals surface area contributed by atoms with E-state index in [0.29, 0.717) is 12.3 Å². The van der Waals surface area contributed by atoms with E-state index in [1.165, 1.54) is 0 Å². The number of alkyl carbamates (subject to hydrolysis) is 1. The Kier molecular flexibility index (Phi) is 12.5. The van der Waals surface area contributed by atoms with Gasteiger partial charge in [-0.05, 0) is 39.7 Å². The molecular formula is C16H33ClN2O3. The van der Waals surface area contributed by atoms with Crippen LogP contribution in [0.4, 0.5) is 4.79 Å². The van der Waals surface area contributed by atoms with Gasteiger partial charge in [-0.1, -0.05) is 33.6 Å². The highest BCUT2D eigenvalue weighted by Gasteiger charge is 2.23. The molecule has 22 heavy (non-hydrogen) atoms. The summed E-state index contributed by atoms with van der Waals surface area (Å²) in [6.07, 6.45) is 2.01. The van der Waals surface area contributed by atoms with Crippen molar-refractivity contribution in [2.75, 3.05) is 13.1 Å². The van der Waals surface area contributed by atoms with Crippen LogP contribution in [0.3, 0.4) is 0 Å². The molecular weight excluding hydrogens is 304 g/mol. The predicted molar refractivity (Wildman–Crippen MR) is 92.6 cm³/mol. The van der Waals surface area contributed by atoms with Crippen LogP contribution in [0, 0.1) is 5.92 Å². The molecule has 0 saturated heterocycles. The lowest BCUT2D eigenvalue weighted by molar-refractivity contribution is -0.120. The summed E-state index contributed by atoms with van der Waals surface area (Å²) in [7, 11) is 0. The van der Waals surface area contributed by atoms with Gasteiger partial charge in [0.25, 0.3) is 0 Å². The molecule has 0 radical (unpaired) electrons. The Morgan fingerprint density at radius 1 is 1.18 bits per heavy atom. The lowest BCUT2D eigenvalue weighted by atomic mass is 10.1. The molecule has 5 nitrogen and oxygen atoms in total. The van der Waals surface area contributed by atoms with E-state index in [2.05, 4.69) is 31.4 Å². The Morgan fingerprint density at radius 3 is 2.23 bits per heavy atom. The molecule has 0 saturated carbocycles. The van der Waals surface area contributed by atoms with Crippen LogP contribution in [0.2, 0.25) is 0 Å². The van der Waals surface area contributed by atoms with E-state index in [-0.39, 0.29) is 24.7 Å². The second kappa shape index (κ2) is 11.7. The van der Waals surface area contributed by atoms with Crippen molar-refractivity contribution in [2.24, 2.45) is 5.92 Å². The minimum absolute atomic E-state index is 0. The number of nitrogens with one attached hydrogen (secondary N) is 2. The summed E-state index contributed by atoms with van der Waals surface area (Å²) >= 11 is 0. The third kappa shape index (κ3) is 12.9. The molecule has 0 aliphatic rings. The van der Waals surface area contributed by atoms with Gasteiger partial charge in [0.2, 0.25) is 0 Å². The van der Waals surface area contributed by atoms with E-state index in [4.69, 9.17) is 4.74 Å². The lowest BCUT2D eigenvalue weighted by Crippen LogP contribution is -2.46. The van der Waals surface area contributed by atoms with Gasteiger partial charge in [0.05, 0.1) is 12.6 Å². The second-order valence-electron chi connectivity index (χ2n) is 6.83. The van der Waals surface area contributed by atoms with Gasteiger partial charge in [0.1, 0.15) is 5.60 Å². The highest BCUT2D eigenvalue weighted by atomic mass is 35.5. The van der Waals surface area contributed by atoms with Crippen LogP contribution < -0.4 is 10.6 Å². The van der Waals surface area contributed by atoms with E-state index >= 15 is 0 Å². The van der Waals surface area contributed by atoms with Gasteiger partial charge in [-0.25, -0.2) is 4.79 Å². The normalized spacial score (nSPS) is 12.5. The number of hydrogen-bond donors (Lipinski definition) is 2. The molecule has 0 aromatic carbocycles. The van der Waals surface area contributed by atoms with Crippen LogP contribution in [0.25, 0.3) is 0 Å². The first kappa shape index (κ1) is 23.5. The molecule has 132 valence electrons. The number of carbonyl (C=O) groups excluding carboxylic acids is 2. The number of unbranched alkanes of at least 4 members (excludes halogenated alkanes) is 1. The molecule has 0 spiro atoms. The molecule has 0 aromatic rings. The molecule has 1 amide bonds. The zero-order valence-electron chi connectivity index (χ0n) is 14.8. The molecule has 0 aromatic heterocycles. The SMILES string of the molecule is CCCC[C@H](NC(=O)OC(C)(C)C)C(=O)CNCC(C)C.Cl. The Morgan fingerprint density at radius 2 is 1.77 bits per heavy atom. The second-order valence-corrected chi connectivity index (χ2v) is 6.83. The average molecular weight is 337 g/mol. The van der Waals surface area contributed by atoms with Crippen LogP contribution in [0.1, 0.15) is 60.8 Å². The van der Waals surface area contributed by atoms with Crippen LogP contribution in [-0.4, -0.2) is 36.6 Å². The van der Waals surface area contributed by atoms with Gasteiger partial charge < -0.3 is 15.4 Å².